The van der Waals surface area contributed by atoms with E-state index in [9.17, 15) is 13.2 Å². The summed E-state index contributed by atoms with van der Waals surface area (Å²) in [5.74, 6) is 0.885. The fourth-order valence-electron chi connectivity index (χ4n) is 1.91. The van der Waals surface area contributed by atoms with E-state index in [0.29, 0.717) is 5.69 Å². The zero-order chi connectivity index (χ0) is 11.8. The first-order chi connectivity index (χ1) is 7.47. The number of imidazole rings is 1. The smallest absolute Gasteiger partial charge is 0.335 e. The highest BCUT2D eigenvalue weighted by atomic mass is 19.4. The van der Waals surface area contributed by atoms with Crippen LogP contribution >= 0.6 is 0 Å². The van der Waals surface area contributed by atoms with Gasteiger partial charge < -0.3 is 10.3 Å². The van der Waals surface area contributed by atoms with Crippen LogP contribution in [-0.4, -0.2) is 21.8 Å². The van der Waals surface area contributed by atoms with Crippen LogP contribution in [0, 0.1) is 0 Å². The number of aromatic nitrogens is 2. The average Bonchev–Trinajstić information content (AvgIpc) is 2.58. The van der Waals surface area contributed by atoms with E-state index < -0.39 is 12.2 Å². The molecule has 1 aliphatic heterocycles. The Hall–Kier alpha value is -1.04. The van der Waals surface area contributed by atoms with Gasteiger partial charge in [0.2, 0.25) is 0 Å². The van der Waals surface area contributed by atoms with Gasteiger partial charge in [-0.05, 0) is 12.8 Å². The van der Waals surface area contributed by atoms with E-state index in [1.807, 2.05) is 4.57 Å². The Morgan fingerprint density at radius 1 is 1.44 bits per heavy atom. The maximum Gasteiger partial charge on any atom is 0.404 e. The summed E-state index contributed by atoms with van der Waals surface area (Å²) in [7, 11) is 0. The van der Waals surface area contributed by atoms with Crippen LogP contribution in [0.1, 0.15) is 24.4 Å². The minimum atomic E-state index is -4.34. The highest BCUT2D eigenvalue weighted by Crippen LogP contribution is 2.22. The Labute approximate surface area is 91.5 Å². The molecule has 1 aromatic heterocycles. The molecule has 1 aromatic rings. The SMILES string of the molecule is NC(Cc1cn2c(n1)CCCC2)C(F)(F)F. The molecular weight excluding hydrogens is 219 g/mol. The van der Waals surface area contributed by atoms with Crippen molar-refractivity contribution in [1.82, 2.24) is 9.55 Å². The van der Waals surface area contributed by atoms with Crippen molar-refractivity contribution in [2.75, 3.05) is 0 Å². The maximum atomic E-state index is 12.3. The van der Waals surface area contributed by atoms with Crippen LogP contribution in [0.15, 0.2) is 6.20 Å². The first kappa shape index (κ1) is 11.4. The fourth-order valence-corrected chi connectivity index (χ4v) is 1.91. The van der Waals surface area contributed by atoms with E-state index in [0.717, 1.165) is 31.6 Å². The maximum absolute atomic E-state index is 12.3. The van der Waals surface area contributed by atoms with Gasteiger partial charge in [0.05, 0.1) is 5.69 Å². The molecule has 2 rings (SSSR count). The summed E-state index contributed by atoms with van der Waals surface area (Å²) in [4.78, 5) is 4.19. The van der Waals surface area contributed by atoms with Crippen molar-refractivity contribution in [3.8, 4) is 0 Å². The largest absolute Gasteiger partial charge is 0.404 e. The van der Waals surface area contributed by atoms with Crippen LogP contribution in [0.2, 0.25) is 0 Å². The number of nitrogens with two attached hydrogens (primary N) is 1. The Morgan fingerprint density at radius 3 is 2.81 bits per heavy atom. The first-order valence-corrected chi connectivity index (χ1v) is 5.34. The quantitative estimate of drug-likeness (QED) is 0.844. The topological polar surface area (TPSA) is 43.8 Å². The number of hydrogen-bond acceptors (Lipinski definition) is 2. The lowest BCUT2D eigenvalue weighted by Gasteiger charge is -2.13. The molecule has 0 aromatic carbocycles. The van der Waals surface area contributed by atoms with Crippen molar-refractivity contribution in [2.45, 2.75) is 44.4 Å². The summed E-state index contributed by atoms with van der Waals surface area (Å²) in [5.41, 5.74) is 5.51. The van der Waals surface area contributed by atoms with Crippen molar-refractivity contribution >= 4 is 0 Å². The molecule has 0 amide bonds. The zero-order valence-electron chi connectivity index (χ0n) is 8.80. The molecule has 1 aliphatic rings. The normalized spacial score (nSPS) is 18.2. The summed E-state index contributed by atoms with van der Waals surface area (Å²) < 4.78 is 38.7. The van der Waals surface area contributed by atoms with Gasteiger partial charge in [-0.3, -0.25) is 0 Å². The minimum absolute atomic E-state index is 0.233. The highest BCUT2D eigenvalue weighted by molar-refractivity contribution is 5.08. The summed E-state index contributed by atoms with van der Waals surface area (Å²) in [6.07, 6.45) is 0.0882. The predicted octanol–water partition coefficient (Wildman–Crippen LogP) is 1.65. The van der Waals surface area contributed by atoms with E-state index >= 15 is 0 Å². The number of hydrogen-bond donors (Lipinski definition) is 1. The number of alkyl halides is 3. The Balaban J connectivity index is 2.08. The predicted molar refractivity (Wildman–Crippen MR) is 52.9 cm³/mol. The summed E-state index contributed by atoms with van der Waals surface area (Å²) in [6.45, 7) is 0.851. The molecule has 90 valence electrons. The molecular formula is C10H14F3N3. The molecule has 0 saturated heterocycles. The van der Waals surface area contributed by atoms with Gasteiger partial charge in [0.15, 0.2) is 0 Å². The van der Waals surface area contributed by atoms with Gasteiger partial charge >= 0.3 is 6.18 Å². The lowest BCUT2D eigenvalue weighted by atomic mass is 10.2. The van der Waals surface area contributed by atoms with Crippen molar-refractivity contribution in [2.24, 2.45) is 5.73 Å². The lowest BCUT2D eigenvalue weighted by Crippen LogP contribution is -2.39. The van der Waals surface area contributed by atoms with Crippen LogP contribution < -0.4 is 5.73 Å². The van der Waals surface area contributed by atoms with Gasteiger partial charge in [-0.15, -0.1) is 0 Å². The van der Waals surface area contributed by atoms with E-state index in [1.165, 1.54) is 0 Å². The monoisotopic (exact) mass is 233 g/mol. The summed E-state index contributed by atoms with van der Waals surface area (Å²) >= 11 is 0. The highest BCUT2D eigenvalue weighted by Gasteiger charge is 2.37. The van der Waals surface area contributed by atoms with Gasteiger partial charge in [-0.2, -0.15) is 13.2 Å². The Kier molecular flexibility index (Phi) is 2.92. The molecule has 1 unspecified atom stereocenters. The van der Waals surface area contributed by atoms with Crippen molar-refractivity contribution in [1.29, 1.82) is 0 Å². The molecule has 1 atom stereocenters. The van der Waals surface area contributed by atoms with Crippen molar-refractivity contribution in [3.63, 3.8) is 0 Å². The van der Waals surface area contributed by atoms with Gasteiger partial charge in [0.1, 0.15) is 11.9 Å². The second-order valence-corrected chi connectivity index (χ2v) is 4.15. The summed E-state index contributed by atoms with van der Waals surface area (Å²) in [6, 6.07) is -1.82. The number of fused-ring (bicyclic) bond motifs is 1. The molecule has 3 nitrogen and oxygen atoms in total. The standard InChI is InChI=1S/C10H14F3N3/c11-10(12,13)8(14)5-7-6-16-4-2-1-3-9(16)15-7/h6,8H,1-5,14H2. The molecule has 0 fully saturated rings. The lowest BCUT2D eigenvalue weighted by molar-refractivity contribution is -0.147. The minimum Gasteiger partial charge on any atom is -0.335 e. The van der Waals surface area contributed by atoms with Crippen LogP contribution in [0.25, 0.3) is 0 Å². The molecule has 0 spiro atoms. The number of aryl methyl sites for hydroxylation is 2. The number of halogens is 3. The third-order valence-electron chi connectivity index (χ3n) is 2.81. The van der Waals surface area contributed by atoms with Crippen molar-refractivity contribution < 1.29 is 13.2 Å². The van der Waals surface area contributed by atoms with Gasteiger partial charge in [-0.25, -0.2) is 4.98 Å². The van der Waals surface area contributed by atoms with Gasteiger partial charge in [-0.1, -0.05) is 0 Å². The average molecular weight is 233 g/mol. The Morgan fingerprint density at radius 2 is 2.19 bits per heavy atom. The molecule has 0 saturated carbocycles. The van der Waals surface area contributed by atoms with E-state index in [4.69, 9.17) is 5.73 Å². The number of nitrogens with zero attached hydrogens (tertiary/aromatic N) is 2. The van der Waals surface area contributed by atoms with E-state index in [2.05, 4.69) is 4.98 Å². The third-order valence-corrected chi connectivity index (χ3v) is 2.81. The van der Waals surface area contributed by atoms with Crippen LogP contribution in [0.3, 0.4) is 0 Å². The summed E-state index contributed by atoms with van der Waals surface area (Å²) in [5, 5.41) is 0. The van der Waals surface area contributed by atoms with E-state index in [-0.39, 0.29) is 6.42 Å². The zero-order valence-corrected chi connectivity index (χ0v) is 8.80. The Bertz CT molecular complexity index is 346. The van der Waals surface area contributed by atoms with E-state index in [1.54, 1.807) is 6.20 Å². The second-order valence-electron chi connectivity index (χ2n) is 4.15. The van der Waals surface area contributed by atoms with Crippen LogP contribution in [0.4, 0.5) is 13.2 Å². The van der Waals surface area contributed by atoms with Gasteiger partial charge in [0.25, 0.3) is 0 Å². The molecule has 0 aliphatic carbocycles. The molecule has 2 N–H and O–H groups in total. The molecule has 0 bridgehead atoms. The van der Waals surface area contributed by atoms with Crippen LogP contribution in [-0.2, 0) is 19.4 Å². The molecule has 0 radical (unpaired) electrons. The number of rotatable bonds is 2. The molecule has 6 heteroatoms. The molecule has 16 heavy (non-hydrogen) atoms. The second kappa shape index (κ2) is 4.08. The first-order valence-electron chi connectivity index (χ1n) is 5.34. The third kappa shape index (κ3) is 2.37. The van der Waals surface area contributed by atoms with Crippen molar-refractivity contribution in [3.05, 3.63) is 17.7 Å². The molecule has 2 heterocycles. The van der Waals surface area contributed by atoms with Crippen LogP contribution in [0.5, 0.6) is 0 Å². The van der Waals surface area contributed by atoms with Gasteiger partial charge in [0, 0.05) is 25.6 Å². The fraction of sp³-hybridized carbons (Fsp3) is 0.700.